The third-order valence-corrected chi connectivity index (χ3v) is 4.49. The van der Waals surface area contributed by atoms with Crippen LogP contribution in [0.15, 0.2) is 12.1 Å². The van der Waals surface area contributed by atoms with Gasteiger partial charge in [-0.25, -0.2) is 13.2 Å². The number of carbonyl (C=O) groups is 2. The second-order valence-corrected chi connectivity index (χ2v) is 6.31. The Hall–Kier alpha value is -2.09. The summed E-state index contributed by atoms with van der Waals surface area (Å²) >= 11 is 0. The number of carboxylic acids is 1. The van der Waals surface area contributed by atoms with Gasteiger partial charge in [0.1, 0.15) is 5.82 Å². The Morgan fingerprint density at radius 2 is 1.84 bits per heavy atom. The number of halogens is 3. The van der Waals surface area contributed by atoms with E-state index in [9.17, 15) is 22.8 Å². The first-order valence-electron chi connectivity index (χ1n) is 8.11. The molecule has 1 unspecified atom stereocenters. The second kappa shape index (κ2) is 8.33. The Kier molecular flexibility index (Phi) is 6.41. The summed E-state index contributed by atoms with van der Waals surface area (Å²) in [6.45, 7) is 0.818. The van der Waals surface area contributed by atoms with Crippen molar-refractivity contribution in [1.82, 2.24) is 9.80 Å². The van der Waals surface area contributed by atoms with Crippen LogP contribution < -0.4 is 0 Å². The molecule has 1 saturated heterocycles. The van der Waals surface area contributed by atoms with E-state index >= 15 is 0 Å². The minimum atomic E-state index is -1.28. The first kappa shape index (κ1) is 19.2. The molecule has 2 rings (SSSR count). The highest BCUT2D eigenvalue weighted by Crippen LogP contribution is 2.19. The van der Waals surface area contributed by atoms with Crippen LogP contribution in [0.1, 0.15) is 24.8 Å². The Morgan fingerprint density at radius 1 is 1.16 bits per heavy atom. The molecule has 1 aromatic rings. The van der Waals surface area contributed by atoms with Crippen molar-refractivity contribution in [3.8, 4) is 0 Å². The molecular formula is C17H21F3N2O3. The fourth-order valence-corrected chi connectivity index (χ4v) is 3.09. The number of amides is 1. The SMILES string of the molecule is CN(CC(=O)O)C1CCCN(C(=O)Cc2cc(F)c(F)cc2F)CC1. The number of hydrogen-bond acceptors (Lipinski definition) is 3. The lowest BCUT2D eigenvalue weighted by Gasteiger charge is -2.25. The molecule has 0 bridgehead atoms. The molecule has 0 radical (unpaired) electrons. The standard InChI is InChI=1S/C17H21F3N2O3/c1-21(10-17(24)25)12-3-2-5-22(6-4-12)16(23)8-11-7-14(19)15(20)9-13(11)18/h7,9,12H,2-6,8,10H2,1H3,(H,24,25). The normalized spacial score (nSPS) is 18.3. The predicted octanol–water partition coefficient (Wildman–Crippen LogP) is 2.04. The summed E-state index contributed by atoms with van der Waals surface area (Å²) < 4.78 is 39.9. The number of aliphatic carboxylic acids is 1. The monoisotopic (exact) mass is 358 g/mol. The molecule has 0 aliphatic carbocycles. The zero-order chi connectivity index (χ0) is 18.6. The Labute approximate surface area is 144 Å². The van der Waals surface area contributed by atoms with Crippen molar-refractivity contribution >= 4 is 11.9 Å². The topological polar surface area (TPSA) is 60.9 Å². The van der Waals surface area contributed by atoms with Crippen molar-refractivity contribution in [3.63, 3.8) is 0 Å². The fraction of sp³-hybridized carbons (Fsp3) is 0.529. The highest BCUT2D eigenvalue weighted by atomic mass is 19.2. The quantitative estimate of drug-likeness (QED) is 0.819. The minimum Gasteiger partial charge on any atom is -0.480 e. The number of hydrogen-bond donors (Lipinski definition) is 1. The minimum absolute atomic E-state index is 0.0499. The van der Waals surface area contributed by atoms with Crippen LogP contribution in [-0.2, 0) is 16.0 Å². The molecule has 5 nitrogen and oxygen atoms in total. The molecule has 1 fully saturated rings. The van der Waals surface area contributed by atoms with Crippen molar-refractivity contribution in [2.75, 3.05) is 26.7 Å². The van der Waals surface area contributed by atoms with Gasteiger partial charge in [0.25, 0.3) is 0 Å². The van der Waals surface area contributed by atoms with Crippen molar-refractivity contribution < 1.29 is 27.9 Å². The summed E-state index contributed by atoms with van der Waals surface area (Å²) in [5.41, 5.74) is -0.173. The van der Waals surface area contributed by atoms with Crippen LogP contribution in [0.4, 0.5) is 13.2 Å². The van der Waals surface area contributed by atoms with E-state index in [0.29, 0.717) is 38.1 Å². The maximum Gasteiger partial charge on any atom is 0.317 e. The van der Waals surface area contributed by atoms with Crippen molar-refractivity contribution in [2.45, 2.75) is 31.7 Å². The Balaban J connectivity index is 1.97. The van der Waals surface area contributed by atoms with E-state index in [0.717, 1.165) is 6.42 Å². The lowest BCUT2D eigenvalue weighted by molar-refractivity contribution is -0.138. The third-order valence-electron chi connectivity index (χ3n) is 4.49. The highest BCUT2D eigenvalue weighted by molar-refractivity contribution is 5.78. The summed E-state index contributed by atoms with van der Waals surface area (Å²) in [5, 5.41) is 8.86. The summed E-state index contributed by atoms with van der Waals surface area (Å²) in [5.74, 6) is -4.68. The highest BCUT2D eigenvalue weighted by Gasteiger charge is 2.24. The average Bonchev–Trinajstić information content (AvgIpc) is 2.78. The first-order chi connectivity index (χ1) is 11.8. The van der Waals surface area contributed by atoms with Gasteiger partial charge in [-0.05, 0) is 32.4 Å². The van der Waals surface area contributed by atoms with Crippen LogP contribution in [0.2, 0.25) is 0 Å². The third kappa shape index (κ3) is 5.19. The van der Waals surface area contributed by atoms with Gasteiger partial charge in [-0.15, -0.1) is 0 Å². The van der Waals surface area contributed by atoms with Crippen molar-refractivity contribution in [1.29, 1.82) is 0 Å². The average molecular weight is 358 g/mol. The smallest absolute Gasteiger partial charge is 0.317 e. The van der Waals surface area contributed by atoms with Gasteiger partial charge in [-0.3, -0.25) is 14.5 Å². The number of carboxylic acid groups (broad SMARTS) is 1. The number of benzene rings is 1. The Morgan fingerprint density at radius 3 is 2.52 bits per heavy atom. The Bertz CT molecular complexity index is 654. The summed E-state index contributed by atoms with van der Waals surface area (Å²) in [6.07, 6.45) is 1.72. The molecule has 1 heterocycles. The van der Waals surface area contributed by atoms with Gasteiger partial charge in [-0.2, -0.15) is 0 Å². The second-order valence-electron chi connectivity index (χ2n) is 6.31. The molecule has 8 heteroatoms. The zero-order valence-corrected chi connectivity index (χ0v) is 14.0. The predicted molar refractivity (Wildman–Crippen MR) is 84.5 cm³/mol. The largest absolute Gasteiger partial charge is 0.480 e. The molecule has 138 valence electrons. The van der Waals surface area contributed by atoms with E-state index in [1.807, 2.05) is 0 Å². The van der Waals surface area contributed by atoms with Gasteiger partial charge >= 0.3 is 5.97 Å². The zero-order valence-electron chi connectivity index (χ0n) is 14.0. The molecule has 1 aliphatic heterocycles. The van der Waals surface area contributed by atoms with E-state index in [1.165, 1.54) is 0 Å². The van der Waals surface area contributed by atoms with Crippen LogP contribution >= 0.6 is 0 Å². The molecule has 1 atom stereocenters. The van der Waals surface area contributed by atoms with Crippen LogP contribution in [0.25, 0.3) is 0 Å². The molecule has 1 N–H and O–H groups in total. The molecule has 1 amide bonds. The molecule has 0 aromatic heterocycles. The van der Waals surface area contributed by atoms with Gasteiger partial charge in [-0.1, -0.05) is 0 Å². The van der Waals surface area contributed by atoms with E-state index in [2.05, 4.69) is 0 Å². The summed E-state index contributed by atoms with van der Waals surface area (Å²) in [6, 6.07) is 1.20. The van der Waals surface area contributed by atoms with Crippen LogP contribution in [0, 0.1) is 17.5 Å². The van der Waals surface area contributed by atoms with Gasteiger partial charge in [0, 0.05) is 30.8 Å². The van der Waals surface area contributed by atoms with Crippen LogP contribution in [-0.4, -0.2) is 59.5 Å². The van der Waals surface area contributed by atoms with E-state index in [1.54, 1.807) is 16.8 Å². The van der Waals surface area contributed by atoms with Crippen LogP contribution in [0.3, 0.4) is 0 Å². The number of likely N-dealkylation sites (N-methyl/N-ethyl adjacent to an activating group) is 1. The van der Waals surface area contributed by atoms with E-state index in [-0.39, 0.29) is 30.5 Å². The summed E-state index contributed by atoms with van der Waals surface area (Å²) in [7, 11) is 1.73. The van der Waals surface area contributed by atoms with Gasteiger partial charge in [0.2, 0.25) is 5.91 Å². The van der Waals surface area contributed by atoms with Crippen molar-refractivity contribution in [3.05, 3.63) is 35.1 Å². The number of likely N-dealkylation sites (tertiary alicyclic amines) is 1. The molecule has 1 aliphatic rings. The van der Waals surface area contributed by atoms with Crippen molar-refractivity contribution in [2.24, 2.45) is 0 Å². The van der Waals surface area contributed by atoms with E-state index < -0.39 is 23.4 Å². The number of nitrogens with zero attached hydrogens (tertiary/aromatic N) is 2. The summed E-state index contributed by atoms with van der Waals surface area (Å²) in [4.78, 5) is 26.5. The van der Waals surface area contributed by atoms with E-state index in [4.69, 9.17) is 5.11 Å². The van der Waals surface area contributed by atoms with Gasteiger partial charge < -0.3 is 10.0 Å². The molecule has 0 saturated carbocycles. The fourth-order valence-electron chi connectivity index (χ4n) is 3.09. The molecule has 0 spiro atoms. The van der Waals surface area contributed by atoms with Gasteiger partial charge in [0.05, 0.1) is 13.0 Å². The number of rotatable bonds is 5. The molecular weight excluding hydrogens is 337 g/mol. The van der Waals surface area contributed by atoms with Gasteiger partial charge in [0.15, 0.2) is 11.6 Å². The maximum atomic E-state index is 13.7. The maximum absolute atomic E-state index is 13.7. The number of carbonyl (C=O) groups excluding carboxylic acids is 1. The van der Waals surface area contributed by atoms with Crippen LogP contribution in [0.5, 0.6) is 0 Å². The first-order valence-corrected chi connectivity index (χ1v) is 8.11. The lowest BCUT2D eigenvalue weighted by atomic mass is 10.1. The molecule has 25 heavy (non-hydrogen) atoms. The lowest BCUT2D eigenvalue weighted by Crippen LogP contribution is -2.37. The molecule has 1 aromatic carbocycles.